The van der Waals surface area contributed by atoms with Crippen LogP contribution in [0.1, 0.15) is 17.3 Å². The summed E-state index contributed by atoms with van der Waals surface area (Å²) in [6, 6.07) is 3.88. The lowest BCUT2D eigenvalue weighted by atomic mass is 10.1. The summed E-state index contributed by atoms with van der Waals surface area (Å²) in [6.45, 7) is 1.33. The number of phenols is 1. The van der Waals surface area contributed by atoms with E-state index in [0.29, 0.717) is 0 Å². The van der Waals surface area contributed by atoms with Crippen molar-refractivity contribution in [2.45, 2.75) is 6.92 Å². The third-order valence-electron chi connectivity index (χ3n) is 1.49. The van der Waals surface area contributed by atoms with E-state index in [1.54, 1.807) is 0 Å². The molecule has 68 valence electrons. The Bertz CT molecular complexity index is 348. The molecule has 5 nitrogen and oxygen atoms in total. The van der Waals surface area contributed by atoms with Crippen molar-refractivity contribution in [2.75, 3.05) is 0 Å². The Balaban J connectivity index is 3.05. The number of rotatable bonds is 3. The highest BCUT2D eigenvalue weighted by atomic mass is 16.7. The predicted octanol–water partition coefficient (Wildman–Crippen LogP) is 1.65. The number of ketones is 1. The number of hydrogen-bond donors (Lipinski definition) is 1. The quantitative estimate of drug-likeness (QED) is 0.437. The first-order valence-corrected chi connectivity index (χ1v) is 3.49. The van der Waals surface area contributed by atoms with E-state index in [-0.39, 0.29) is 22.8 Å². The monoisotopic (exact) mass is 181 g/mol. The summed E-state index contributed by atoms with van der Waals surface area (Å²) in [5, 5.41) is 11.4. The van der Waals surface area contributed by atoms with E-state index in [1.807, 2.05) is 0 Å². The Morgan fingerprint density at radius 1 is 1.54 bits per heavy atom. The molecule has 0 aliphatic carbocycles. The highest BCUT2D eigenvalue weighted by Gasteiger charge is 2.07. The van der Waals surface area contributed by atoms with E-state index >= 15 is 0 Å². The topological polar surface area (TPSA) is 76.0 Å². The Kier molecular flexibility index (Phi) is 2.59. The lowest BCUT2D eigenvalue weighted by molar-refractivity contribution is 0.101. The highest BCUT2D eigenvalue weighted by Crippen LogP contribution is 2.23. The minimum absolute atomic E-state index is 0.0949. The molecule has 13 heavy (non-hydrogen) atoms. The molecule has 0 aliphatic heterocycles. The van der Waals surface area contributed by atoms with Crippen LogP contribution < -0.4 is 4.84 Å². The Hall–Kier alpha value is -1.91. The molecule has 1 rings (SSSR count). The average Bonchev–Trinajstić information content (AvgIpc) is 2.04. The maximum absolute atomic E-state index is 10.8. The summed E-state index contributed by atoms with van der Waals surface area (Å²) in [5.41, 5.74) is 0.179. The number of aromatic hydroxyl groups is 1. The fourth-order valence-corrected chi connectivity index (χ4v) is 0.909. The summed E-state index contributed by atoms with van der Waals surface area (Å²) in [6.07, 6.45) is 0. The standard InChI is InChI=1S/C8H7NO4/c1-5(10)7-3-2-6(13-9-12)4-8(7)11/h2-4,11H,1H3. The molecule has 0 spiro atoms. The van der Waals surface area contributed by atoms with E-state index in [1.165, 1.54) is 19.1 Å². The summed E-state index contributed by atoms with van der Waals surface area (Å²) >= 11 is 0. The predicted molar refractivity (Wildman–Crippen MR) is 44.5 cm³/mol. The van der Waals surface area contributed by atoms with Gasteiger partial charge < -0.3 is 9.94 Å². The first-order valence-electron chi connectivity index (χ1n) is 3.49. The van der Waals surface area contributed by atoms with Gasteiger partial charge in [0.05, 0.1) is 5.56 Å². The summed E-state index contributed by atoms with van der Waals surface area (Å²) in [7, 11) is 0. The van der Waals surface area contributed by atoms with Crippen LogP contribution >= 0.6 is 0 Å². The van der Waals surface area contributed by atoms with Gasteiger partial charge in [0.1, 0.15) is 5.75 Å². The first-order chi connectivity index (χ1) is 6.15. The second-order valence-corrected chi connectivity index (χ2v) is 2.40. The second-order valence-electron chi connectivity index (χ2n) is 2.40. The minimum atomic E-state index is -0.261. The van der Waals surface area contributed by atoms with Crippen molar-refractivity contribution in [1.82, 2.24) is 0 Å². The molecule has 5 heteroatoms. The van der Waals surface area contributed by atoms with Gasteiger partial charge in [-0.1, -0.05) is 0 Å². The molecule has 1 aromatic carbocycles. The van der Waals surface area contributed by atoms with Gasteiger partial charge in [-0.05, 0) is 19.1 Å². The van der Waals surface area contributed by atoms with Gasteiger partial charge in [-0.3, -0.25) is 4.79 Å². The largest absolute Gasteiger partial charge is 0.507 e. The van der Waals surface area contributed by atoms with E-state index in [0.717, 1.165) is 6.07 Å². The summed E-state index contributed by atoms with van der Waals surface area (Å²) < 4.78 is 0. The van der Waals surface area contributed by atoms with Crippen molar-refractivity contribution in [3.05, 3.63) is 28.7 Å². The van der Waals surface area contributed by atoms with Crippen molar-refractivity contribution in [1.29, 1.82) is 0 Å². The molecular formula is C8H7NO4. The molecule has 0 heterocycles. The van der Waals surface area contributed by atoms with Crippen LogP contribution in [0.4, 0.5) is 0 Å². The van der Waals surface area contributed by atoms with Crippen LogP contribution in [0, 0.1) is 4.91 Å². The lowest BCUT2D eigenvalue weighted by Crippen LogP contribution is -1.92. The molecule has 0 amide bonds. The molecule has 1 N–H and O–H groups in total. The van der Waals surface area contributed by atoms with Crippen LogP contribution in [0.5, 0.6) is 11.5 Å². The van der Waals surface area contributed by atoms with Gasteiger partial charge in [-0.15, -0.1) is 4.91 Å². The molecule has 0 aromatic heterocycles. The number of Topliss-reactive ketones (excluding diaryl/α,β-unsaturated/α-hetero) is 1. The van der Waals surface area contributed by atoms with Crippen LogP contribution in [-0.2, 0) is 0 Å². The van der Waals surface area contributed by atoms with Gasteiger partial charge in [-0.2, -0.15) is 0 Å². The molecule has 0 fully saturated rings. The summed E-state index contributed by atoms with van der Waals surface area (Å²) in [4.78, 5) is 24.8. The molecule has 0 unspecified atom stereocenters. The van der Waals surface area contributed by atoms with E-state index in [4.69, 9.17) is 0 Å². The van der Waals surface area contributed by atoms with Gasteiger partial charge in [0, 0.05) is 6.07 Å². The third kappa shape index (κ3) is 2.02. The maximum atomic E-state index is 10.8. The number of benzene rings is 1. The van der Waals surface area contributed by atoms with Crippen LogP contribution in [0.2, 0.25) is 0 Å². The third-order valence-corrected chi connectivity index (χ3v) is 1.49. The Labute approximate surface area is 73.9 Å². The molecule has 0 bridgehead atoms. The zero-order valence-electron chi connectivity index (χ0n) is 6.85. The van der Waals surface area contributed by atoms with Crippen LogP contribution in [-0.4, -0.2) is 10.9 Å². The molecule has 0 radical (unpaired) electrons. The minimum Gasteiger partial charge on any atom is -0.507 e. The van der Waals surface area contributed by atoms with Crippen molar-refractivity contribution in [2.24, 2.45) is 5.34 Å². The fraction of sp³-hybridized carbons (Fsp3) is 0.125. The van der Waals surface area contributed by atoms with Crippen LogP contribution in [0.3, 0.4) is 0 Å². The first kappa shape index (κ1) is 9.18. The average molecular weight is 181 g/mol. The molecular weight excluding hydrogens is 174 g/mol. The molecule has 0 atom stereocenters. The Morgan fingerprint density at radius 3 is 2.69 bits per heavy atom. The van der Waals surface area contributed by atoms with Crippen molar-refractivity contribution in [3.63, 3.8) is 0 Å². The van der Waals surface area contributed by atoms with E-state index < -0.39 is 0 Å². The molecule has 0 saturated carbocycles. The number of phenolic OH excluding ortho intramolecular Hbond substituents is 1. The zero-order chi connectivity index (χ0) is 9.84. The lowest BCUT2D eigenvalue weighted by Gasteiger charge is -2.00. The number of hydrogen-bond acceptors (Lipinski definition) is 5. The molecule has 1 aromatic rings. The van der Waals surface area contributed by atoms with Crippen molar-refractivity contribution < 1.29 is 14.7 Å². The van der Waals surface area contributed by atoms with Crippen LogP contribution in [0.25, 0.3) is 0 Å². The maximum Gasteiger partial charge on any atom is 0.165 e. The SMILES string of the molecule is CC(=O)c1ccc(ON=O)cc1O. The highest BCUT2D eigenvalue weighted by molar-refractivity contribution is 5.96. The fourth-order valence-electron chi connectivity index (χ4n) is 0.909. The van der Waals surface area contributed by atoms with Gasteiger partial charge >= 0.3 is 0 Å². The zero-order valence-corrected chi connectivity index (χ0v) is 6.85. The second kappa shape index (κ2) is 3.66. The van der Waals surface area contributed by atoms with Gasteiger partial charge in [0.2, 0.25) is 0 Å². The van der Waals surface area contributed by atoms with Crippen LogP contribution in [0.15, 0.2) is 23.5 Å². The number of nitrogens with zero attached hydrogens (tertiary/aromatic N) is 1. The number of carbonyl (C=O) groups is 1. The van der Waals surface area contributed by atoms with E-state index in [2.05, 4.69) is 10.2 Å². The molecule has 0 saturated heterocycles. The van der Waals surface area contributed by atoms with Gasteiger partial charge in [0.15, 0.2) is 16.9 Å². The summed E-state index contributed by atoms with van der Waals surface area (Å²) in [5.74, 6) is -0.394. The normalized spacial score (nSPS) is 9.31. The van der Waals surface area contributed by atoms with Gasteiger partial charge in [-0.25, -0.2) is 0 Å². The number of carbonyl (C=O) groups excluding carboxylic acids is 1. The van der Waals surface area contributed by atoms with Gasteiger partial charge in [0.25, 0.3) is 0 Å². The smallest absolute Gasteiger partial charge is 0.165 e. The molecule has 0 aliphatic rings. The van der Waals surface area contributed by atoms with Crippen molar-refractivity contribution in [3.8, 4) is 11.5 Å². The van der Waals surface area contributed by atoms with E-state index in [9.17, 15) is 14.8 Å². The Morgan fingerprint density at radius 2 is 2.23 bits per heavy atom. The van der Waals surface area contributed by atoms with Crippen molar-refractivity contribution >= 4 is 5.78 Å².